The van der Waals surface area contributed by atoms with E-state index in [1.807, 2.05) is 72.8 Å². The second-order valence-corrected chi connectivity index (χ2v) is 8.61. The van der Waals surface area contributed by atoms with Crippen LogP contribution in [0.2, 0.25) is 0 Å². The number of aryl methyl sites for hydroxylation is 3. The van der Waals surface area contributed by atoms with E-state index in [9.17, 15) is 9.59 Å². The van der Waals surface area contributed by atoms with E-state index in [1.165, 1.54) is 31.2 Å². The number of benzene rings is 3. The van der Waals surface area contributed by atoms with Crippen molar-refractivity contribution in [1.29, 1.82) is 0 Å². The van der Waals surface area contributed by atoms with Crippen LogP contribution in [-0.4, -0.2) is 18.7 Å². The molecule has 36 heavy (non-hydrogen) atoms. The predicted octanol–water partition coefficient (Wildman–Crippen LogP) is 6.88. The molecule has 0 aliphatic heterocycles. The monoisotopic (exact) mass is 486 g/mol. The van der Waals surface area contributed by atoms with Crippen LogP contribution in [0.15, 0.2) is 85.5 Å². The molecule has 0 saturated carbocycles. The van der Waals surface area contributed by atoms with Crippen molar-refractivity contribution >= 4 is 11.9 Å². The summed E-state index contributed by atoms with van der Waals surface area (Å²) in [4.78, 5) is 23.5. The van der Waals surface area contributed by atoms with E-state index in [0.717, 1.165) is 36.5 Å². The van der Waals surface area contributed by atoms with E-state index in [0.29, 0.717) is 17.1 Å². The van der Waals surface area contributed by atoms with E-state index in [-0.39, 0.29) is 12.8 Å². The Hall–Kier alpha value is -3.86. The Bertz CT molecular complexity index is 1100. The molecule has 0 atom stereocenters. The third kappa shape index (κ3) is 9.06. The fourth-order valence-corrected chi connectivity index (χ4v) is 3.71. The summed E-state index contributed by atoms with van der Waals surface area (Å²) in [5, 5.41) is 0. The van der Waals surface area contributed by atoms with Crippen molar-refractivity contribution < 1.29 is 23.8 Å². The molecule has 0 spiro atoms. The molecule has 5 heteroatoms. The average molecular weight is 487 g/mol. The van der Waals surface area contributed by atoms with Crippen molar-refractivity contribution in [3.8, 4) is 11.5 Å². The van der Waals surface area contributed by atoms with Crippen LogP contribution in [0, 0.1) is 0 Å². The predicted molar refractivity (Wildman–Crippen MR) is 141 cm³/mol. The standard InChI is InChI=1S/C31H34O5/c1-3-5-6-7-8-24-11-17-27(18-12-24)31(33)36-29-21-15-26(16-22-29)10-9-25-13-19-28(20-14-25)34-23-35-30(32)4-2/h4,11-22H,2-3,5-10,23H2,1H3. The first-order valence-corrected chi connectivity index (χ1v) is 12.5. The smallest absolute Gasteiger partial charge is 0.343 e. The number of carbonyl (C=O) groups is 2. The molecule has 0 radical (unpaired) electrons. The molecule has 5 nitrogen and oxygen atoms in total. The van der Waals surface area contributed by atoms with Crippen molar-refractivity contribution in [3.63, 3.8) is 0 Å². The summed E-state index contributed by atoms with van der Waals surface area (Å²) in [5.74, 6) is 0.297. The van der Waals surface area contributed by atoms with Crippen molar-refractivity contribution in [2.24, 2.45) is 0 Å². The highest BCUT2D eigenvalue weighted by Crippen LogP contribution is 2.18. The van der Waals surface area contributed by atoms with Crippen molar-refractivity contribution in [1.82, 2.24) is 0 Å². The van der Waals surface area contributed by atoms with E-state index >= 15 is 0 Å². The Kier molecular flexibility index (Phi) is 10.8. The van der Waals surface area contributed by atoms with Gasteiger partial charge in [-0.25, -0.2) is 9.59 Å². The first-order valence-electron chi connectivity index (χ1n) is 12.5. The minimum Gasteiger partial charge on any atom is -0.457 e. The largest absolute Gasteiger partial charge is 0.457 e. The average Bonchev–Trinajstić information content (AvgIpc) is 2.91. The molecule has 0 unspecified atom stereocenters. The number of carbonyl (C=O) groups excluding carboxylic acids is 2. The van der Waals surface area contributed by atoms with Crippen molar-refractivity contribution in [3.05, 3.63) is 108 Å². The zero-order chi connectivity index (χ0) is 25.6. The third-order valence-electron chi connectivity index (χ3n) is 5.86. The summed E-state index contributed by atoms with van der Waals surface area (Å²) in [5.41, 5.74) is 4.12. The van der Waals surface area contributed by atoms with Crippen LogP contribution in [0.5, 0.6) is 11.5 Å². The first kappa shape index (κ1) is 26.7. The Morgan fingerprint density at radius 2 is 1.28 bits per heavy atom. The van der Waals surface area contributed by atoms with Crippen LogP contribution in [0.1, 0.15) is 59.7 Å². The number of unbranched alkanes of at least 4 members (excludes halogenated alkanes) is 3. The number of esters is 2. The topological polar surface area (TPSA) is 61.8 Å². The second kappa shape index (κ2) is 14.5. The van der Waals surface area contributed by atoms with E-state index in [4.69, 9.17) is 14.2 Å². The van der Waals surface area contributed by atoms with E-state index in [2.05, 4.69) is 13.5 Å². The Labute approximate surface area is 213 Å². The molecule has 3 aromatic carbocycles. The molecule has 0 bridgehead atoms. The molecule has 0 heterocycles. The summed E-state index contributed by atoms with van der Waals surface area (Å²) in [6.07, 6.45) is 8.77. The minimum atomic E-state index is -0.519. The van der Waals surface area contributed by atoms with Gasteiger partial charge in [-0.05, 0) is 78.8 Å². The van der Waals surface area contributed by atoms with Gasteiger partial charge in [0.25, 0.3) is 0 Å². The lowest BCUT2D eigenvalue weighted by molar-refractivity contribution is -0.144. The molecule has 0 N–H and O–H groups in total. The van der Waals surface area contributed by atoms with Crippen LogP contribution in [0.3, 0.4) is 0 Å². The van der Waals surface area contributed by atoms with Gasteiger partial charge in [0.1, 0.15) is 11.5 Å². The van der Waals surface area contributed by atoms with Gasteiger partial charge in [0.15, 0.2) is 0 Å². The normalized spacial score (nSPS) is 10.5. The maximum atomic E-state index is 12.5. The van der Waals surface area contributed by atoms with E-state index < -0.39 is 5.97 Å². The van der Waals surface area contributed by atoms with Crippen molar-refractivity contribution in [2.45, 2.75) is 51.9 Å². The second-order valence-electron chi connectivity index (χ2n) is 8.61. The Morgan fingerprint density at radius 3 is 1.86 bits per heavy atom. The fourth-order valence-electron chi connectivity index (χ4n) is 3.71. The molecule has 3 aromatic rings. The summed E-state index contributed by atoms with van der Waals surface area (Å²) in [6.45, 7) is 5.40. The highest BCUT2D eigenvalue weighted by Gasteiger charge is 2.09. The van der Waals surface area contributed by atoms with Gasteiger partial charge in [0.2, 0.25) is 6.79 Å². The number of ether oxygens (including phenoxy) is 3. The molecule has 0 aliphatic rings. The molecule has 0 aromatic heterocycles. The van der Waals surface area contributed by atoms with Gasteiger partial charge in [-0.1, -0.05) is 69.2 Å². The summed E-state index contributed by atoms with van der Waals surface area (Å²) in [7, 11) is 0. The van der Waals surface area contributed by atoms with E-state index in [1.54, 1.807) is 0 Å². The SMILES string of the molecule is C=CC(=O)OCOc1ccc(CCc2ccc(OC(=O)c3ccc(CCCCCC)cc3)cc2)cc1. The molecular formula is C31H34O5. The molecule has 188 valence electrons. The van der Waals surface area contributed by atoms with Gasteiger partial charge in [-0.15, -0.1) is 0 Å². The van der Waals surface area contributed by atoms with Gasteiger partial charge in [-0.3, -0.25) is 0 Å². The van der Waals surface area contributed by atoms with Gasteiger partial charge in [-0.2, -0.15) is 0 Å². The number of rotatable bonds is 14. The number of hydrogen-bond acceptors (Lipinski definition) is 5. The van der Waals surface area contributed by atoms with Gasteiger partial charge >= 0.3 is 11.9 Å². The van der Waals surface area contributed by atoms with Crippen LogP contribution in [-0.2, 0) is 28.8 Å². The molecule has 3 rings (SSSR count). The Morgan fingerprint density at radius 1 is 0.722 bits per heavy atom. The lowest BCUT2D eigenvalue weighted by atomic mass is 10.0. The Balaban J connectivity index is 1.42. The number of hydrogen-bond donors (Lipinski definition) is 0. The third-order valence-corrected chi connectivity index (χ3v) is 5.86. The van der Waals surface area contributed by atoms with Gasteiger partial charge in [0.05, 0.1) is 5.56 Å². The lowest BCUT2D eigenvalue weighted by Gasteiger charge is -2.08. The highest BCUT2D eigenvalue weighted by atomic mass is 16.7. The van der Waals surface area contributed by atoms with Crippen molar-refractivity contribution in [2.75, 3.05) is 6.79 Å². The first-order chi connectivity index (χ1) is 17.6. The molecule has 0 fully saturated rings. The van der Waals surface area contributed by atoms with Crippen LogP contribution in [0.25, 0.3) is 0 Å². The fraction of sp³-hybridized carbons (Fsp3) is 0.290. The van der Waals surface area contributed by atoms with Gasteiger partial charge in [0, 0.05) is 6.08 Å². The summed E-state index contributed by atoms with van der Waals surface area (Å²) in [6, 6.07) is 23.0. The van der Waals surface area contributed by atoms with Gasteiger partial charge < -0.3 is 14.2 Å². The quantitative estimate of drug-likeness (QED) is 0.0817. The maximum absolute atomic E-state index is 12.5. The highest BCUT2D eigenvalue weighted by molar-refractivity contribution is 5.91. The zero-order valence-electron chi connectivity index (χ0n) is 20.9. The lowest BCUT2D eigenvalue weighted by Crippen LogP contribution is -2.08. The zero-order valence-corrected chi connectivity index (χ0v) is 20.9. The minimum absolute atomic E-state index is 0.147. The summed E-state index contributed by atoms with van der Waals surface area (Å²) >= 11 is 0. The summed E-state index contributed by atoms with van der Waals surface area (Å²) < 4.78 is 15.7. The molecular weight excluding hydrogens is 452 g/mol. The van der Waals surface area contributed by atoms with Crippen LogP contribution >= 0.6 is 0 Å². The maximum Gasteiger partial charge on any atom is 0.343 e. The molecule has 0 saturated heterocycles. The van der Waals surface area contributed by atoms with Crippen LogP contribution in [0.4, 0.5) is 0 Å². The van der Waals surface area contributed by atoms with Crippen LogP contribution < -0.4 is 9.47 Å². The molecule has 0 aliphatic carbocycles. The molecule has 0 amide bonds.